The number of hydrogen-bond acceptors (Lipinski definition) is 5. The predicted molar refractivity (Wildman–Crippen MR) is 105 cm³/mol. The number of nitrogens with zero attached hydrogens (tertiary/aromatic N) is 1. The largest absolute Gasteiger partial charge is 0.493 e. The number of carbonyl (C=O) groups excluding carboxylic acids is 2. The zero-order chi connectivity index (χ0) is 19.8. The number of benzene rings is 2. The van der Waals surface area contributed by atoms with E-state index < -0.39 is 11.5 Å². The van der Waals surface area contributed by atoms with Crippen LogP contribution in [0, 0.1) is 0 Å². The smallest absolute Gasteiger partial charge is 0.264 e. The molecule has 1 amide bonds. The number of methoxy groups -OCH3 is 2. The van der Waals surface area contributed by atoms with E-state index in [4.69, 9.17) is 9.47 Å². The number of anilines is 1. The first-order valence-corrected chi connectivity index (χ1v) is 9.24. The van der Waals surface area contributed by atoms with E-state index in [-0.39, 0.29) is 12.2 Å². The lowest BCUT2D eigenvalue weighted by molar-refractivity contribution is -0.135. The van der Waals surface area contributed by atoms with Crippen LogP contribution in [0.15, 0.2) is 40.9 Å². The maximum absolute atomic E-state index is 12.9. The average molecular weight is 434 g/mol. The topological polar surface area (TPSA) is 76.1 Å². The molecule has 27 heavy (non-hydrogen) atoms. The third kappa shape index (κ3) is 3.21. The molecule has 0 radical (unpaired) electrons. The van der Waals surface area contributed by atoms with Gasteiger partial charge in [-0.25, -0.2) is 0 Å². The number of ketones is 1. The molecule has 0 bridgehead atoms. The Hall–Kier alpha value is -2.38. The molecule has 0 fully saturated rings. The van der Waals surface area contributed by atoms with Crippen molar-refractivity contribution in [2.45, 2.75) is 18.9 Å². The fourth-order valence-corrected chi connectivity index (χ4v) is 3.71. The van der Waals surface area contributed by atoms with Crippen LogP contribution in [0.5, 0.6) is 11.5 Å². The summed E-state index contributed by atoms with van der Waals surface area (Å²) in [4.78, 5) is 27.2. The Bertz CT molecular complexity index is 913. The number of Topliss-reactive ketones (excluding diaryl/α,β-unsaturated/α-hetero) is 1. The third-order valence-corrected chi connectivity index (χ3v) is 5.23. The monoisotopic (exact) mass is 433 g/mol. The molecule has 0 unspecified atom stereocenters. The summed E-state index contributed by atoms with van der Waals surface area (Å²) < 4.78 is 11.1. The zero-order valence-corrected chi connectivity index (χ0v) is 16.9. The molecule has 142 valence electrons. The number of ether oxygens (including phenoxy) is 2. The van der Waals surface area contributed by atoms with Crippen molar-refractivity contribution in [3.05, 3.63) is 52.0 Å². The molecule has 1 aliphatic rings. The van der Waals surface area contributed by atoms with Gasteiger partial charge in [0.05, 0.1) is 26.3 Å². The maximum Gasteiger partial charge on any atom is 0.264 e. The van der Waals surface area contributed by atoms with Crippen LogP contribution in [0.25, 0.3) is 0 Å². The van der Waals surface area contributed by atoms with Crippen molar-refractivity contribution in [2.75, 3.05) is 25.7 Å². The Labute approximate surface area is 165 Å². The molecule has 0 saturated carbocycles. The van der Waals surface area contributed by atoms with Gasteiger partial charge in [-0.1, -0.05) is 15.9 Å². The Morgan fingerprint density at radius 3 is 2.48 bits per heavy atom. The van der Waals surface area contributed by atoms with E-state index in [0.717, 1.165) is 4.47 Å². The van der Waals surface area contributed by atoms with Crippen molar-refractivity contribution in [2.24, 2.45) is 0 Å². The number of rotatable bonds is 6. The van der Waals surface area contributed by atoms with Crippen molar-refractivity contribution in [1.82, 2.24) is 0 Å². The molecule has 7 heteroatoms. The second-order valence-electron chi connectivity index (χ2n) is 6.24. The van der Waals surface area contributed by atoms with Gasteiger partial charge in [-0.15, -0.1) is 0 Å². The van der Waals surface area contributed by atoms with Gasteiger partial charge in [-0.3, -0.25) is 9.59 Å². The average Bonchev–Trinajstić information content (AvgIpc) is 2.87. The molecule has 1 atom stereocenters. The van der Waals surface area contributed by atoms with Crippen LogP contribution in [0.2, 0.25) is 0 Å². The summed E-state index contributed by atoms with van der Waals surface area (Å²) in [5, 5.41) is 11.2. The lowest BCUT2D eigenvalue weighted by Gasteiger charge is -2.22. The van der Waals surface area contributed by atoms with Gasteiger partial charge in [0.1, 0.15) is 0 Å². The molecule has 0 saturated heterocycles. The lowest BCUT2D eigenvalue weighted by atomic mass is 9.88. The van der Waals surface area contributed by atoms with Gasteiger partial charge >= 0.3 is 0 Å². The van der Waals surface area contributed by atoms with Crippen LogP contribution in [-0.2, 0) is 10.4 Å². The fraction of sp³-hybridized carbons (Fsp3) is 0.300. The standard InChI is InChI=1S/C20H20BrNO5/c1-4-22-15-7-6-13(21)10-14(15)20(25,19(22)24)11-16(23)12-5-8-17(26-2)18(9-12)27-3/h5-10,25H,4,11H2,1-3H3/t20-/m0/s1. The van der Waals surface area contributed by atoms with E-state index in [1.165, 1.54) is 19.1 Å². The molecule has 3 rings (SSSR count). The first-order valence-electron chi connectivity index (χ1n) is 8.45. The minimum atomic E-state index is -1.90. The highest BCUT2D eigenvalue weighted by Gasteiger charge is 2.50. The van der Waals surface area contributed by atoms with Crippen LogP contribution < -0.4 is 14.4 Å². The van der Waals surface area contributed by atoms with E-state index in [0.29, 0.717) is 34.9 Å². The summed E-state index contributed by atoms with van der Waals surface area (Å²) in [5.41, 5.74) is -0.523. The SMILES string of the molecule is CCN1C(=O)[C@](O)(CC(=O)c2ccc(OC)c(OC)c2)c2cc(Br)ccc21. The summed E-state index contributed by atoms with van der Waals surface area (Å²) in [7, 11) is 2.99. The number of fused-ring (bicyclic) bond motifs is 1. The number of halogens is 1. The number of carbonyl (C=O) groups is 2. The van der Waals surface area contributed by atoms with Gasteiger partial charge in [-0.2, -0.15) is 0 Å². The van der Waals surface area contributed by atoms with Crippen molar-refractivity contribution >= 4 is 33.3 Å². The highest BCUT2D eigenvalue weighted by Crippen LogP contribution is 2.44. The van der Waals surface area contributed by atoms with Gasteiger partial charge in [0.15, 0.2) is 22.9 Å². The van der Waals surface area contributed by atoms with Crippen LogP contribution in [-0.4, -0.2) is 37.6 Å². The van der Waals surface area contributed by atoms with Crippen molar-refractivity contribution in [3.8, 4) is 11.5 Å². The molecule has 1 aliphatic heterocycles. The molecule has 2 aromatic carbocycles. The third-order valence-electron chi connectivity index (χ3n) is 4.73. The first kappa shape index (κ1) is 19.4. The summed E-state index contributed by atoms with van der Waals surface area (Å²) in [6, 6.07) is 10.0. The first-order chi connectivity index (χ1) is 12.8. The van der Waals surface area contributed by atoms with Crippen LogP contribution in [0.1, 0.15) is 29.3 Å². The number of aliphatic hydroxyl groups is 1. The van der Waals surface area contributed by atoms with Crippen LogP contribution >= 0.6 is 15.9 Å². The van der Waals surface area contributed by atoms with Gasteiger partial charge in [-0.05, 0) is 43.3 Å². The van der Waals surface area contributed by atoms with Gasteiger partial charge in [0.25, 0.3) is 5.91 Å². The Kier molecular flexibility index (Phi) is 5.26. The molecule has 2 aromatic rings. The van der Waals surface area contributed by atoms with Crippen LogP contribution in [0.4, 0.5) is 5.69 Å². The lowest BCUT2D eigenvalue weighted by Crippen LogP contribution is -2.41. The summed E-state index contributed by atoms with van der Waals surface area (Å²) in [5.74, 6) is 0.0464. The molecular weight excluding hydrogens is 414 g/mol. The van der Waals surface area contributed by atoms with E-state index in [1.54, 1.807) is 36.4 Å². The minimum Gasteiger partial charge on any atom is -0.493 e. The van der Waals surface area contributed by atoms with Gasteiger partial charge < -0.3 is 19.5 Å². The van der Waals surface area contributed by atoms with E-state index in [1.807, 2.05) is 6.92 Å². The van der Waals surface area contributed by atoms with E-state index in [2.05, 4.69) is 15.9 Å². The number of hydrogen-bond donors (Lipinski definition) is 1. The molecule has 1 heterocycles. The second-order valence-corrected chi connectivity index (χ2v) is 7.16. The van der Waals surface area contributed by atoms with Gasteiger partial charge in [0.2, 0.25) is 0 Å². The fourth-order valence-electron chi connectivity index (χ4n) is 3.35. The zero-order valence-electron chi connectivity index (χ0n) is 15.3. The summed E-state index contributed by atoms with van der Waals surface area (Å²) in [6.45, 7) is 2.23. The maximum atomic E-state index is 12.9. The van der Waals surface area contributed by atoms with E-state index in [9.17, 15) is 14.7 Å². The summed E-state index contributed by atoms with van der Waals surface area (Å²) in [6.07, 6.45) is -0.360. The van der Waals surface area contributed by atoms with Gasteiger partial charge in [0, 0.05) is 22.1 Å². The Balaban J connectivity index is 1.98. The second kappa shape index (κ2) is 7.32. The predicted octanol–water partition coefficient (Wildman–Crippen LogP) is 3.29. The number of amides is 1. The molecule has 1 N–H and O–H groups in total. The van der Waals surface area contributed by atoms with Crippen molar-refractivity contribution in [1.29, 1.82) is 0 Å². The quantitative estimate of drug-likeness (QED) is 0.707. The normalized spacial score (nSPS) is 18.4. The Morgan fingerprint density at radius 1 is 1.15 bits per heavy atom. The van der Waals surface area contributed by atoms with Crippen molar-refractivity contribution in [3.63, 3.8) is 0 Å². The summed E-state index contributed by atoms with van der Waals surface area (Å²) >= 11 is 3.37. The van der Waals surface area contributed by atoms with E-state index >= 15 is 0 Å². The highest BCUT2D eigenvalue weighted by molar-refractivity contribution is 9.10. The molecule has 0 spiro atoms. The Morgan fingerprint density at radius 2 is 1.85 bits per heavy atom. The number of likely N-dealkylation sites (N-methyl/N-ethyl adjacent to an activating group) is 1. The molecular formula is C20H20BrNO5. The highest BCUT2D eigenvalue weighted by atomic mass is 79.9. The molecule has 0 aromatic heterocycles. The van der Waals surface area contributed by atoms with Crippen LogP contribution in [0.3, 0.4) is 0 Å². The molecule has 0 aliphatic carbocycles. The molecule has 6 nitrogen and oxygen atoms in total. The minimum absolute atomic E-state index is 0.334. The van der Waals surface area contributed by atoms with Crippen molar-refractivity contribution < 1.29 is 24.2 Å².